The van der Waals surface area contributed by atoms with E-state index in [9.17, 15) is 4.39 Å². The summed E-state index contributed by atoms with van der Waals surface area (Å²) in [5.74, 6) is 0. The third-order valence-corrected chi connectivity index (χ3v) is 2.68. The highest BCUT2D eigenvalue weighted by Gasteiger charge is 2.54. The molecule has 1 fully saturated rings. The fourth-order valence-electron chi connectivity index (χ4n) is 0.992. The Hall–Kier alpha value is 0.205. The van der Waals surface area contributed by atoms with E-state index in [0.717, 1.165) is 0 Å². The smallest absolute Gasteiger partial charge is 0.401 e. The summed E-state index contributed by atoms with van der Waals surface area (Å²) >= 11 is 5.22. The normalized spacial score (nSPS) is 29.0. The molecule has 1 heterocycles. The molecule has 1 unspecified atom stereocenters. The van der Waals surface area contributed by atoms with E-state index in [-0.39, 0.29) is 0 Å². The number of hydrogen-bond acceptors (Lipinski definition) is 2. The largest absolute Gasteiger partial charge is 0.511 e. The van der Waals surface area contributed by atoms with Crippen molar-refractivity contribution in [1.82, 2.24) is 0 Å². The first-order chi connectivity index (χ1) is 5.26. The average Bonchev–Trinajstić information content (AvgIpc) is 2.03. The Kier molecular flexibility index (Phi) is 2.45. The van der Waals surface area contributed by atoms with Gasteiger partial charge in [0.05, 0.1) is 11.2 Å². The highest BCUT2D eigenvalue weighted by molar-refractivity contribution is 6.59. The molecule has 0 saturated carbocycles. The first-order valence-electron chi connectivity index (χ1n) is 3.90. The van der Waals surface area contributed by atoms with Gasteiger partial charge in [-0.15, -0.1) is 0 Å². The molecule has 70 valence electrons. The van der Waals surface area contributed by atoms with E-state index in [0.29, 0.717) is 0 Å². The van der Waals surface area contributed by atoms with Gasteiger partial charge in [-0.2, -0.15) is 0 Å². The van der Waals surface area contributed by atoms with Gasteiger partial charge in [0, 0.05) is 0 Å². The standard InChI is InChI=1S/C7H13BClFO2/c1-6(2)7(3,4)12-8(11-6)5(9)10/h5H,1-4H3. The summed E-state index contributed by atoms with van der Waals surface area (Å²) in [6.45, 7) is 7.41. The molecule has 0 spiro atoms. The third kappa shape index (κ3) is 1.61. The zero-order valence-electron chi connectivity index (χ0n) is 7.73. The maximum atomic E-state index is 12.6. The van der Waals surface area contributed by atoms with E-state index in [2.05, 4.69) is 0 Å². The zero-order valence-corrected chi connectivity index (χ0v) is 8.48. The minimum absolute atomic E-state index is 0.503. The molecule has 0 aromatic rings. The Balaban J connectivity index is 2.74. The fraction of sp³-hybridized carbons (Fsp3) is 1.00. The van der Waals surface area contributed by atoms with E-state index in [4.69, 9.17) is 20.9 Å². The SMILES string of the molecule is CC1(C)OB(C(F)Cl)OC1(C)C. The van der Waals surface area contributed by atoms with Crippen LogP contribution in [0.25, 0.3) is 0 Å². The van der Waals surface area contributed by atoms with Crippen LogP contribution < -0.4 is 0 Å². The van der Waals surface area contributed by atoms with Gasteiger partial charge in [-0.3, -0.25) is 0 Å². The van der Waals surface area contributed by atoms with Gasteiger partial charge < -0.3 is 9.31 Å². The minimum atomic E-state index is -1.61. The Labute approximate surface area is 77.5 Å². The molecule has 0 radical (unpaired) electrons. The molecule has 1 saturated heterocycles. The minimum Gasteiger partial charge on any atom is -0.401 e. The molecule has 0 N–H and O–H groups in total. The van der Waals surface area contributed by atoms with E-state index < -0.39 is 23.9 Å². The summed E-state index contributed by atoms with van der Waals surface area (Å²) in [5, 5.41) is 0. The van der Waals surface area contributed by atoms with E-state index in [1.165, 1.54) is 0 Å². The second kappa shape index (κ2) is 2.86. The van der Waals surface area contributed by atoms with E-state index in [1.807, 2.05) is 27.7 Å². The summed E-state index contributed by atoms with van der Waals surface area (Å²) < 4.78 is 23.2. The van der Waals surface area contributed by atoms with Crippen molar-refractivity contribution in [1.29, 1.82) is 0 Å². The lowest BCUT2D eigenvalue weighted by atomic mass is 9.90. The molecule has 0 aliphatic carbocycles. The fourth-order valence-corrected chi connectivity index (χ4v) is 1.09. The molecular weight excluding hydrogens is 181 g/mol. The number of hydrogen-bond donors (Lipinski definition) is 0. The second-order valence-corrected chi connectivity index (χ2v) is 4.38. The van der Waals surface area contributed by atoms with Crippen LogP contribution in [0.15, 0.2) is 0 Å². The lowest BCUT2D eigenvalue weighted by Gasteiger charge is -2.32. The van der Waals surface area contributed by atoms with E-state index in [1.54, 1.807) is 0 Å². The first kappa shape index (κ1) is 10.3. The molecule has 1 aliphatic rings. The van der Waals surface area contributed by atoms with Crippen LogP contribution in [0.5, 0.6) is 0 Å². The lowest BCUT2D eigenvalue weighted by molar-refractivity contribution is 0.00578. The molecular formula is C7H13BClFO2. The van der Waals surface area contributed by atoms with Crippen LogP contribution in [0.1, 0.15) is 27.7 Å². The Morgan fingerprint density at radius 3 is 1.67 bits per heavy atom. The monoisotopic (exact) mass is 194 g/mol. The van der Waals surface area contributed by atoms with Crippen molar-refractivity contribution in [2.45, 2.75) is 44.4 Å². The first-order valence-corrected chi connectivity index (χ1v) is 4.34. The van der Waals surface area contributed by atoms with E-state index >= 15 is 0 Å². The summed E-state index contributed by atoms with van der Waals surface area (Å²) in [5.41, 5.74) is -2.61. The molecule has 12 heavy (non-hydrogen) atoms. The Morgan fingerprint density at radius 2 is 1.50 bits per heavy atom. The quantitative estimate of drug-likeness (QED) is 0.470. The molecule has 0 amide bonds. The number of rotatable bonds is 1. The van der Waals surface area contributed by atoms with Crippen molar-refractivity contribution in [3.05, 3.63) is 0 Å². The van der Waals surface area contributed by atoms with Crippen LogP contribution in [0, 0.1) is 0 Å². The maximum absolute atomic E-state index is 12.6. The van der Waals surface area contributed by atoms with Gasteiger partial charge in [-0.1, -0.05) is 11.6 Å². The molecule has 1 atom stereocenters. The summed E-state index contributed by atoms with van der Waals surface area (Å²) in [4.78, 5) is 0. The number of alkyl halides is 2. The topological polar surface area (TPSA) is 18.5 Å². The summed E-state index contributed by atoms with van der Waals surface area (Å²) in [6.07, 6.45) is 0. The van der Waals surface area contributed by atoms with Crippen molar-refractivity contribution >= 4 is 18.7 Å². The van der Waals surface area contributed by atoms with Crippen molar-refractivity contribution in [3.8, 4) is 0 Å². The van der Waals surface area contributed by atoms with Crippen molar-refractivity contribution in [3.63, 3.8) is 0 Å². The Morgan fingerprint density at radius 1 is 1.17 bits per heavy atom. The molecule has 1 rings (SSSR count). The number of halogens is 2. The molecule has 5 heteroatoms. The summed E-state index contributed by atoms with van der Waals surface area (Å²) in [7, 11) is -0.948. The van der Waals surface area contributed by atoms with Crippen molar-refractivity contribution < 1.29 is 13.7 Å². The predicted octanol–water partition coefficient (Wildman–Crippen LogP) is 2.15. The third-order valence-electron chi connectivity index (χ3n) is 2.48. The van der Waals surface area contributed by atoms with Crippen molar-refractivity contribution in [2.75, 3.05) is 0 Å². The van der Waals surface area contributed by atoms with Gasteiger partial charge >= 0.3 is 7.12 Å². The van der Waals surface area contributed by atoms with Gasteiger partial charge in [0.15, 0.2) is 0 Å². The van der Waals surface area contributed by atoms with Crippen LogP contribution in [0.3, 0.4) is 0 Å². The molecule has 0 aromatic heterocycles. The molecule has 2 nitrogen and oxygen atoms in total. The van der Waals surface area contributed by atoms with Crippen LogP contribution in [-0.4, -0.2) is 23.9 Å². The Bertz CT molecular complexity index is 168. The maximum Gasteiger partial charge on any atom is 0.511 e. The highest BCUT2D eigenvalue weighted by Crippen LogP contribution is 2.38. The van der Waals surface area contributed by atoms with Crippen LogP contribution in [0.2, 0.25) is 0 Å². The molecule has 0 bridgehead atoms. The highest BCUT2D eigenvalue weighted by atomic mass is 35.5. The average molecular weight is 194 g/mol. The predicted molar refractivity (Wildman–Crippen MR) is 46.8 cm³/mol. The van der Waals surface area contributed by atoms with Crippen LogP contribution in [0.4, 0.5) is 4.39 Å². The molecule has 1 aliphatic heterocycles. The van der Waals surface area contributed by atoms with Gasteiger partial charge in [-0.25, -0.2) is 4.39 Å². The van der Waals surface area contributed by atoms with Gasteiger partial charge in [0.1, 0.15) is 0 Å². The molecule has 0 aromatic carbocycles. The van der Waals surface area contributed by atoms with Gasteiger partial charge in [0.25, 0.3) is 0 Å². The van der Waals surface area contributed by atoms with Gasteiger partial charge in [0.2, 0.25) is 5.53 Å². The second-order valence-electron chi connectivity index (χ2n) is 3.96. The van der Waals surface area contributed by atoms with Crippen LogP contribution in [-0.2, 0) is 9.31 Å². The summed E-state index contributed by atoms with van der Waals surface area (Å²) in [6, 6.07) is 0. The zero-order chi connectivity index (χ0) is 9.57. The van der Waals surface area contributed by atoms with Crippen molar-refractivity contribution in [2.24, 2.45) is 0 Å². The van der Waals surface area contributed by atoms with Crippen LogP contribution >= 0.6 is 11.6 Å². The van der Waals surface area contributed by atoms with Gasteiger partial charge in [-0.05, 0) is 27.7 Å². The lowest BCUT2D eigenvalue weighted by Crippen LogP contribution is -2.41.